The molecule has 3 aromatic heterocycles. The summed E-state index contributed by atoms with van der Waals surface area (Å²) in [5, 5.41) is 4.88. The first kappa shape index (κ1) is 14.6. The molecular formula is C17H14N4O2S. The maximum atomic E-state index is 12.8. The molecule has 7 heteroatoms. The van der Waals surface area contributed by atoms with Gasteiger partial charge in [-0.1, -0.05) is 18.2 Å². The van der Waals surface area contributed by atoms with Crippen molar-refractivity contribution < 1.29 is 8.42 Å². The number of fused-ring (bicyclic) bond motifs is 2. The summed E-state index contributed by atoms with van der Waals surface area (Å²) in [5.41, 5.74) is 2.52. The minimum absolute atomic E-state index is 0.164. The number of hydrogen-bond donors (Lipinski definition) is 1. The van der Waals surface area contributed by atoms with Crippen molar-refractivity contribution in [1.29, 1.82) is 0 Å². The lowest BCUT2D eigenvalue weighted by molar-refractivity contribution is 0.602. The molecule has 0 saturated carbocycles. The fourth-order valence-corrected chi connectivity index (χ4v) is 3.85. The largest absolute Gasteiger partial charge is 0.279 e. The van der Waals surface area contributed by atoms with Gasteiger partial charge in [0.05, 0.1) is 16.7 Å². The third kappa shape index (κ3) is 2.48. The van der Waals surface area contributed by atoms with Gasteiger partial charge in [-0.2, -0.15) is 5.10 Å². The van der Waals surface area contributed by atoms with Crippen molar-refractivity contribution in [1.82, 2.24) is 14.6 Å². The molecular weight excluding hydrogens is 324 g/mol. The summed E-state index contributed by atoms with van der Waals surface area (Å²) in [4.78, 5) is 4.56. The molecule has 120 valence electrons. The standard InChI is InChI=1S/C17H14N4O2S/c1-12-5-6-13-3-2-4-16(17(13)19-12)24(22,23)20-14-8-10-21-15(11-14)7-9-18-21/h2-11,20H,1H3. The Morgan fingerprint density at radius 3 is 2.83 bits per heavy atom. The van der Waals surface area contributed by atoms with Crippen LogP contribution in [-0.2, 0) is 10.0 Å². The minimum atomic E-state index is -3.75. The molecule has 0 fully saturated rings. The summed E-state index contributed by atoms with van der Waals surface area (Å²) in [7, 11) is -3.75. The molecule has 24 heavy (non-hydrogen) atoms. The fourth-order valence-electron chi connectivity index (χ4n) is 2.63. The maximum absolute atomic E-state index is 12.8. The summed E-state index contributed by atoms with van der Waals surface area (Å²) < 4.78 is 29.9. The Morgan fingerprint density at radius 1 is 1.08 bits per heavy atom. The van der Waals surface area contributed by atoms with Gasteiger partial charge in [0.25, 0.3) is 10.0 Å². The van der Waals surface area contributed by atoms with Gasteiger partial charge in [0, 0.05) is 23.5 Å². The molecule has 3 heterocycles. The topological polar surface area (TPSA) is 76.4 Å². The van der Waals surface area contributed by atoms with Gasteiger partial charge in [0.15, 0.2) is 0 Å². The van der Waals surface area contributed by atoms with Crippen molar-refractivity contribution in [3.63, 3.8) is 0 Å². The Labute approximate surface area is 138 Å². The van der Waals surface area contributed by atoms with Gasteiger partial charge in [-0.25, -0.2) is 12.9 Å². The molecule has 0 amide bonds. The number of aromatic nitrogens is 3. The monoisotopic (exact) mass is 338 g/mol. The van der Waals surface area contributed by atoms with Crippen LogP contribution in [0.1, 0.15) is 5.69 Å². The highest BCUT2D eigenvalue weighted by molar-refractivity contribution is 7.93. The van der Waals surface area contributed by atoms with Gasteiger partial charge in [-0.15, -0.1) is 0 Å². The van der Waals surface area contributed by atoms with Gasteiger partial charge >= 0.3 is 0 Å². The van der Waals surface area contributed by atoms with Crippen LogP contribution in [0.3, 0.4) is 0 Å². The van der Waals surface area contributed by atoms with Gasteiger partial charge < -0.3 is 0 Å². The zero-order valence-corrected chi connectivity index (χ0v) is 13.7. The van der Waals surface area contributed by atoms with Crippen molar-refractivity contribution in [3.05, 3.63) is 66.6 Å². The van der Waals surface area contributed by atoms with E-state index in [9.17, 15) is 8.42 Å². The smallest absolute Gasteiger partial charge is 0.264 e. The summed E-state index contributed by atoms with van der Waals surface area (Å²) in [6.45, 7) is 1.84. The molecule has 0 radical (unpaired) electrons. The lowest BCUT2D eigenvalue weighted by Crippen LogP contribution is -2.14. The second-order valence-corrected chi connectivity index (χ2v) is 7.15. The van der Waals surface area contributed by atoms with E-state index in [1.165, 1.54) is 0 Å². The molecule has 0 saturated heterocycles. The number of aryl methyl sites for hydroxylation is 1. The highest BCUT2D eigenvalue weighted by Crippen LogP contribution is 2.24. The van der Waals surface area contributed by atoms with E-state index in [1.54, 1.807) is 47.2 Å². The van der Waals surface area contributed by atoms with Gasteiger partial charge in [0.2, 0.25) is 0 Å². The Balaban J connectivity index is 1.81. The third-order valence-corrected chi connectivity index (χ3v) is 5.18. The molecule has 1 N–H and O–H groups in total. The van der Waals surface area contributed by atoms with E-state index in [-0.39, 0.29) is 4.90 Å². The zero-order chi connectivity index (χ0) is 16.7. The Hall–Kier alpha value is -2.93. The van der Waals surface area contributed by atoms with E-state index in [1.807, 2.05) is 25.1 Å². The van der Waals surface area contributed by atoms with Crippen LogP contribution in [0.2, 0.25) is 0 Å². The fraction of sp³-hybridized carbons (Fsp3) is 0.0588. The van der Waals surface area contributed by atoms with E-state index in [0.717, 1.165) is 16.6 Å². The molecule has 0 aliphatic rings. The average Bonchev–Trinajstić information content (AvgIpc) is 3.01. The number of anilines is 1. The Morgan fingerprint density at radius 2 is 1.96 bits per heavy atom. The van der Waals surface area contributed by atoms with Crippen molar-refractivity contribution in [2.24, 2.45) is 0 Å². The van der Waals surface area contributed by atoms with Gasteiger partial charge in [0.1, 0.15) is 4.90 Å². The number of rotatable bonds is 3. The van der Waals surface area contributed by atoms with Crippen LogP contribution in [0.15, 0.2) is 65.8 Å². The summed E-state index contributed by atoms with van der Waals surface area (Å²) in [6.07, 6.45) is 3.36. The molecule has 4 aromatic rings. The first-order valence-electron chi connectivity index (χ1n) is 7.35. The number of nitrogens with one attached hydrogen (secondary N) is 1. The third-order valence-electron chi connectivity index (χ3n) is 3.76. The second kappa shape index (κ2) is 5.31. The number of nitrogens with zero attached hydrogens (tertiary/aromatic N) is 3. The highest BCUT2D eigenvalue weighted by Gasteiger charge is 2.18. The van der Waals surface area contributed by atoms with E-state index < -0.39 is 10.0 Å². The molecule has 0 aliphatic heterocycles. The molecule has 0 aliphatic carbocycles. The molecule has 0 bridgehead atoms. The predicted octanol–water partition coefficient (Wildman–Crippen LogP) is 2.99. The lowest BCUT2D eigenvalue weighted by atomic mass is 10.2. The molecule has 6 nitrogen and oxygen atoms in total. The molecule has 0 unspecified atom stereocenters. The summed E-state index contributed by atoms with van der Waals surface area (Å²) in [5.74, 6) is 0. The van der Waals surface area contributed by atoms with Gasteiger partial charge in [-0.3, -0.25) is 9.71 Å². The van der Waals surface area contributed by atoms with E-state index in [0.29, 0.717) is 11.2 Å². The van der Waals surface area contributed by atoms with E-state index >= 15 is 0 Å². The maximum Gasteiger partial charge on any atom is 0.264 e. The predicted molar refractivity (Wildman–Crippen MR) is 92.5 cm³/mol. The Bertz CT molecular complexity index is 1170. The summed E-state index contributed by atoms with van der Waals surface area (Å²) >= 11 is 0. The number of sulfonamides is 1. The summed E-state index contributed by atoms with van der Waals surface area (Å²) in [6, 6.07) is 14.1. The molecule has 0 spiro atoms. The lowest BCUT2D eigenvalue weighted by Gasteiger charge is -2.10. The first-order valence-corrected chi connectivity index (χ1v) is 8.84. The Kier molecular flexibility index (Phi) is 3.24. The van der Waals surface area contributed by atoms with Crippen LogP contribution < -0.4 is 4.72 Å². The SMILES string of the molecule is Cc1ccc2cccc(S(=O)(=O)Nc3ccn4nccc4c3)c2n1. The van der Waals surface area contributed by atoms with Gasteiger partial charge in [-0.05, 0) is 37.3 Å². The molecule has 1 aromatic carbocycles. The van der Waals surface area contributed by atoms with Crippen LogP contribution in [0.4, 0.5) is 5.69 Å². The van der Waals surface area contributed by atoms with Crippen molar-refractivity contribution in [2.45, 2.75) is 11.8 Å². The van der Waals surface area contributed by atoms with E-state index in [2.05, 4.69) is 14.8 Å². The highest BCUT2D eigenvalue weighted by atomic mass is 32.2. The normalized spacial score (nSPS) is 11.9. The number of benzene rings is 1. The molecule has 4 rings (SSSR count). The number of hydrogen-bond acceptors (Lipinski definition) is 4. The number of para-hydroxylation sites is 1. The van der Waals surface area contributed by atoms with Crippen molar-refractivity contribution in [3.8, 4) is 0 Å². The zero-order valence-electron chi connectivity index (χ0n) is 12.8. The van der Waals surface area contributed by atoms with Crippen LogP contribution in [0.5, 0.6) is 0 Å². The second-order valence-electron chi connectivity index (χ2n) is 5.50. The molecule has 0 atom stereocenters. The van der Waals surface area contributed by atoms with Crippen molar-refractivity contribution >= 4 is 32.1 Å². The van der Waals surface area contributed by atoms with Crippen LogP contribution in [0.25, 0.3) is 16.4 Å². The average molecular weight is 338 g/mol. The van der Waals surface area contributed by atoms with E-state index in [4.69, 9.17) is 0 Å². The first-order chi connectivity index (χ1) is 11.5. The number of pyridine rings is 2. The quantitative estimate of drug-likeness (QED) is 0.623. The van der Waals surface area contributed by atoms with Crippen LogP contribution in [0, 0.1) is 6.92 Å². The minimum Gasteiger partial charge on any atom is -0.279 e. The van der Waals surface area contributed by atoms with Crippen molar-refractivity contribution in [2.75, 3.05) is 4.72 Å². The van der Waals surface area contributed by atoms with Crippen LogP contribution in [-0.4, -0.2) is 23.0 Å². The van der Waals surface area contributed by atoms with Crippen LogP contribution >= 0.6 is 0 Å².